The van der Waals surface area contributed by atoms with E-state index >= 15 is 0 Å². The van der Waals surface area contributed by atoms with E-state index in [2.05, 4.69) is 142 Å². The normalized spacial score (nSPS) is 14.9. The Bertz CT molecular complexity index is 795. The molecule has 1 aromatic rings. The van der Waals surface area contributed by atoms with Gasteiger partial charge in [0.1, 0.15) is 0 Å². The van der Waals surface area contributed by atoms with E-state index in [0.29, 0.717) is 0 Å². The average molecular weight is 809 g/mol. The van der Waals surface area contributed by atoms with E-state index in [1.165, 1.54) is 3.46 Å². The first-order chi connectivity index (χ1) is 15.6. The average Bonchev–Trinajstić information content (AvgIpc) is 2.49. The third-order valence-electron chi connectivity index (χ3n) is 7.55. The van der Waals surface area contributed by atoms with Crippen molar-refractivity contribution in [3.8, 4) is 0 Å². The van der Waals surface area contributed by atoms with Crippen LogP contribution in [0.3, 0.4) is 0 Å². The predicted molar refractivity (Wildman–Crippen MR) is 194 cm³/mol. The zero-order chi connectivity index (χ0) is 28.9. The molecular weight excluding hydrogens is 746 g/mol. The minimum absolute atomic E-state index is 0.812. The molecule has 36 heavy (non-hydrogen) atoms. The molecule has 0 aliphatic carbocycles. The minimum atomic E-state index is -1.41. The SMILES string of the molecule is C[Si](C)(C)C(c1cc(C([Si](C)(C)C)[Si](C)(C)C)c(S[CH2][BiH2])c(C([Si](C)(C)C)[Si](C)(C)C)c1)[Si](C)(C)C. The van der Waals surface area contributed by atoms with E-state index in [4.69, 9.17) is 0 Å². The summed E-state index contributed by atoms with van der Waals surface area (Å²) in [5.41, 5.74) is 5.42. The van der Waals surface area contributed by atoms with Gasteiger partial charge in [0, 0.05) is 0 Å². The van der Waals surface area contributed by atoms with Gasteiger partial charge < -0.3 is 0 Å². The fraction of sp³-hybridized carbons (Fsp3) is 0.786. The number of hydrogen-bond acceptors (Lipinski definition) is 1. The molecule has 0 aliphatic rings. The van der Waals surface area contributed by atoms with Gasteiger partial charge >= 0.3 is 255 Å². The van der Waals surface area contributed by atoms with Crippen LogP contribution in [0.15, 0.2) is 17.0 Å². The van der Waals surface area contributed by atoms with Gasteiger partial charge in [-0.15, -0.1) is 0 Å². The molecule has 0 N–H and O–H groups in total. The summed E-state index contributed by atoms with van der Waals surface area (Å²) in [5, 5.41) is 2.44. The van der Waals surface area contributed by atoms with Gasteiger partial charge in [0.15, 0.2) is 0 Å². The Balaban J connectivity index is 4.46. The monoisotopic (exact) mass is 808 g/mol. The third kappa shape index (κ3) is 9.14. The summed E-state index contributed by atoms with van der Waals surface area (Å²) in [4.78, 5) is 1.77. The quantitative estimate of drug-likeness (QED) is 0.159. The fourth-order valence-corrected chi connectivity index (χ4v) is 49.7. The van der Waals surface area contributed by atoms with E-state index < -0.39 is 48.4 Å². The summed E-state index contributed by atoms with van der Waals surface area (Å²) in [6, 6.07) is 5.69. The molecule has 0 unspecified atom stereocenters. The zero-order valence-corrected chi connectivity index (χ0v) is 38.9. The zero-order valence-electron chi connectivity index (χ0n) is 27.6. The van der Waals surface area contributed by atoms with Crippen molar-refractivity contribution in [2.45, 2.75) is 138 Å². The Labute approximate surface area is 253 Å². The van der Waals surface area contributed by atoms with Gasteiger partial charge in [-0.3, -0.25) is 0 Å². The molecular formula is C28H63BiSSi6. The van der Waals surface area contributed by atoms with E-state index in [1.54, 1.807) is 10.5 Å². The second-order valence-electron chi connectivity index (χ2n) is 17.8. The summed E-state index contributed by atoms with van der Waals surface area (Å²) in [6.07, 6.45) is 0. The van der Waals surface area contributed by atoms with Crippen LogP contribution in [0.2, 0.25) is 118 Å². The van der Waals surface area contributed by atoms with E-state index in [-0.39, 0.29) is 0 Å². The molecule has 0 aliphatic heterocycles. The molecule has 8 heteroatoms. The van der Waals surface area contributed by atoms with Crippen LogP contribution in [0.4, 0.5) is 0 Å². The summed E-state index contributed by atoms with van der Waals surface area (Å²) in [6.45, 7) is 47.9. The van der Waals surface area contributed by atoms with E-state index in [0.717, 1.165) is 40.2 Å². The molecule has 0 nitrogen and oxygen atoms in total. The summed E-state index contributed by atoms with van der Waals surface area (Å²) in [7, 11) is -8.44. The molecule has 0 heterocycles. The van der Waals surface area contributed by atoms with E-state index in [9.17, 15) is 0 Å². The van der Waals surface area contributed by atoms with Crippen molar-refractivity contribution in [3.05, 3.63) is 28.8 Å². The Morgan fingerprint density at radius 1 is 0.500 bits per heavy atom. The Morgan fingerprint density at radius 2 is 0.750 bits per heavy atom. The summed E-state index contributed by atoms with van der Waals surface area (Å²) in [5.74, 6) is 0. The van der Waals surface area contributed by atoms with Crippen LogP contribution < -0.4 is 0 Å². The first-order valence-corrected chi connectivity index (χ1v) is 39.8. The van der Waals surface area contributed by atoms with Crippen LogP contribution in [-0.2, 0) is 0 Å². The topological polar surface area (TPSA) is 0 Å². The molecule has 0 bridgehead atoms. The number of hydrogen-bond donors (Lipinski definition) is 0. The Morgan fingerprint density at radius 3 is 0.944 bits per heavy atom. The van der Waals surface area contributed by atoms with Crippen LogP contribution in [0.5, 0.6) is 0 Å². The van der Waals surface area contributed by atoms with Gasteiger partial charge in [0.25, 0.3) is 0 Å². The summed E-state index contributed by atoms with van der Waals surface area (Å²) < 4.78 is 1.35. The van der Waals surface area contributed by atoms with Crippen molar-refractivity contribution in [3.63, 3.8) is 0 Å². The van der Waals surface area contributed by atoms with Gasteiger partial charge in [-0.1, -0.05) is 0 Å². The first kappa shape index (κ1) is 35.8. The number of rotatable bonds is 11. The van der Waals surface area contributed by atoms with Crippen molar-refractivity contribution in [2.75, 3.05) is 3.46 Å². The molecule has 1 rings (SSSR count). The molecule has 0 amide bonds. The van der Waals surface area contributed by atoms with Crippen molar-refractivity contribution in [1.29, 1.82) is 0 Å². The van der Waals surface area contributed by atoms with Crippen molar-refractivity contribution < 1.29 is 0 Å². The maximum atomic E-state index is 2.85. The van der Waals surface area contributed by atoms with Gasteiger partial charge in [-0.05, 0) is 0 Å². The van der Waals surface area contributed by atoms with Crippen LogP contribution in [-0.4, -0.2) is 76.6 Å². The molecule has 0 saturated carbocycles. The fourth-order valence-electron chi connectivity index (χ4n) is 8.31. The van der Waals surface area contributed by atoms with Gasteiger partial charge in [-0.2, -0.15) is 0 Å². The second kappa shape index (κ2) is 11.9. The summed E-state index contributed by atoms with van der Waals surface area (Å²) >= 11 is 3.32. The van der Waals surface area contributed by atoms with Crippen molar-refractivity contribution in [1.82, 2.24) is 0 Å². The maximum absolute atomic E-state index is 2.85. The molecule has 0 saturated heterocycles. The van der Waals surface area contributed by atoms with Gasteiger partial charge in [-0.25, -0.2) is 0 Å². The van der Waals surface area contributed by atoms with E-state index in [1.807, 2.05) is 11.1 Å². The van der Waals surface area contributed by atoms with Gasteiger partial charge in [0.2, 0.25) is 0 Å². The third-order valence-corrected chi connectivity index (χ3v) is 38.3. The van der Waals surface area contributed by atoms with Crippen LogP contribution >= 0.6 is 11.8 Å². The van der Waals surface area contributed by atoms with Crippen LogP contribution in [0.1, 0.15) is 32.2 Å². The standard InChI is InChI=1S/C28H61SSi6.Bi.2H/c1-29-25-23(27(32(8,9)10)33(11,12)13)20-22(26(30(2,3)4)31(5,6)7)21-24(25)28(34(14,15)16)35(17,18)19;;;/h20-21,26-28H,1H2,2-19H3;;;. The molecule has 0 aromatic heterocycles. The van der Waals surface area contributed by atoms with Crippen LogP contribution in [0.25, 0.3) is 0 Å². The Kier molecular flexibility index (Phi) is 11.9. The van der Waals surface area contributed by atoms with Crippen LogP contribution in [0, 0.1) is 0 Å². The molecule has 1 aromatic carbocycles. The van der Waals surface area contributed by atoms with Gasteiger partial charge in [0.05, 0.1) is 0 Å². The molecule has 0 atom stereocenters. The first-order valence-electron chi connectivity index (χ1n) is 14.2. The van der Waals surface area contributed by atoms with Crippen molar-refractivity contribution >= 4 is 84.9 Å². The number of thioether (sulfide) groups is 1. The second-order valence-corrected chi connectivity index (χ2v) is 56.3. The number of benzene rings is 1. The molecule has 0 radical (unpaired) electrons. The molecule has 0 spiro atoms. The Hall–Kier alpha value is 1.75. The predicted octanol–water partition coefficient (Wildman–Crippen LogP) is 9.88. The van der Waals surface area contributed by atoms with Crippen molar-refractivity contribution in [2.24, 2.45) is 0 Å². The molecule has 0 fully saturated rings. The molecule has 210 valence electrons.